The number of rotatable bonds is 3. The molecule has 2 fully saturated rings. The lowest BCUT2D eigenvalue weighted by Crippen LogP contribution is -2.48. The minimum absolute atomic E-state index is 0.0599. The van der Waals surface area contributed by atoms with Crippen molar-refractivity contribution >= 4 is 10.0 Å². The molecule has 4 rings (SSSR count). The summed E-state index contributed by atoms with van der Waals surface area (Å²) in [6.45, 7) is 1.14. The summed E-state index contributed by atoms with van der Waals surface area (Å²) < 4.78 is 38.9. The van der Waals surface area contributed by atoms with Crippen LogP contribution in [0.3, 0.4) is 0 Å². The summed E-state index contributed by atoms with van der Waals surface area (Å²) in [7, 11) is -1.83. The van der Waals surface area contributed by atoms with Gasteiger partial charge in [-0.05, 0) is 37.8 Å². The lowest BCUT2D eigenvalue weighted by molar-refractivity contribution is 0.251. The molecule has 3 heterocycles. The molecule has 0 amide bonds. The zero-order valence-electron chi connectivity index (χ0n) is 13.9. The lowest BCUT2D eigenvalue weighted by atomic mass is 10.0. The van der Waals surface area contributed by atoms with Crippen molar-refractivity contribution in [2.75, 3.05) is 20.3 Å². The van der Waals surface area contributed by atoms with Gasteiger partial charge in [-0.15, -0.1) is 0 Å². The van der Waals surface area contributed by atoms with E-state index in [1.165, 1.54) is 0 Å². The van der Waals surface area contributed by atoms with E-state index in [0.717, 1.165) is 32.1 Å². The molecule has 1 aromatic rings. The molecule has 7 heteroatoms. The third kappa shape index (κ3) is 2.89. The van der Waals surface area contributed by atoms with Crippen LogP contribution in [-0.2, 0) is 10.0 Å². The molecule has 6 nitrogen and oxygen atoms in total. The molecule has 0 aliphatic carbocycles. The van der Waals surface area contributed by atoms with Crippen LogP contribution in [0.2, 0.25) is 0 Å². The fourth-order valence-corrected chi connectivity index (χ4v) is 5.38. The molecule has 1 aromatic carbocycles. The molecule has 3 aliphatic rings. The highest BCUT2D eigenvalue weighted by molar-refractivity contribution is 7.89. The molecule has 0 spiro atoms. The summed E-state index contributed by atoms with van der Waals surface area (Å²) in [5.41, 5.74) is 0. The van der Waals surface area contributed by atoms with E-state index in [2.05, 4.69) is 5.32 Å². The van der Waals surface area contributed by atoms with Crippen LogP contribution in [0.4, 0.5) is 0 Å². The molecule has 2 atom stereocenters. The van der Waals surface area contributed by atoms with Crippen LogP contribution < -0.4 is 14.8 Å². The van der Waals surface area contributed by atoms with Crippen molar-refractivity contribution in [1.82, 2.24) is 9.62 Å². The lowest BCUT2D eigenvalue weighted by Gasteiger charge is -2.34. The number of nitrogens with one attached hydrogen (secondary N) is 1. The summed E-state index contributed by atoms with van der Waals surface area (Å²) in [5, 5.41) is 3.56. The summed E-state index contributed by atoms with van der Waals surface area (Å²) in [4.78, 5) is 0.278. The van der Waals surface area contributed by atoms with Gasteiger partial charge in [0.25, 0.3) is 0 Å². The second-order valence-corrected chi connectivity index (χ2v) is 8.94. The number of sulfonamides is 1. The molecule has 24 heavy (non-hydrogen) atoms. The Kier molecular flexibility index (Phi) is 4.18. The average molecular weight is 352 g/mol. The Morgan fingerprint density at radius 2 is 1.75 bits per heavy atom. The summed E-state index contributed by atoms with van der Waals surface area (Å²) in [6.07, 6.45) is 4.88. The Morgan fingerprint density at radius 1 is 1.08 bits per heavy atom. The van der Waals surface area contributed by atoms with Crippen LogP contribution in [0.25, 0.3) is 0 Å². The highest BCUT2D eigenvalue weighted by Gasteiger charge is 2.39. The van der Waals surface area contributed by atoms with Gasteiger partial charge in [0.1, 0.15) is 0 Å². The highest BCUT2D eigenvalue weighted by atomic mass is 32.2. The zero-order valence-corrected chi connectivity index (χ0v) is 14.7. The second-order valence-electron chi connectivity index (χ2n) is 6.94. The highest BCUT2D eigenvalue weighted by Crippen LogP contribution is 2.35. The third-order valence-corrected chi connectivity index (χ3v) is 7.26. The van der Waals surface area contributed by atoms with Crippen LogP contribution in [0.5, 0.6) is 11.5 Å². The van der Waals surface area contributed by atoms with Crippen LogP contribution in [0.1, 0.15) is 32.1 Å². The first kappa shape index (κ1) is 16.2. The summed E-state index contributed by atoms with van der Waals surface area (Å²) in [6, 6.07) is 5.89. The van der Waals surface area contributed by atoms with Crippen molar-refractivity contribution in [3.8, 4) is 11.5 Å². The number of fused-ring (bicyclic) bond motifs is 3. The predicted molar refractivity (Wildman–Crippen MR) is 90.0 cm³/mol. The fourth-order valence-electron chi connectivity index (χ4n) is 3.99. The molecule has 2 unspecified atom stereocenters. The van der Waals surface area contributed by atoms with E-state index in [-0.39, 0.29) is 10.9 Å². The van der Waals surface area contributed by atoms with Gasteiger partial charge in [0.2, 0.25) is 10.0 Å². The first-order chi connectivity index (χ1) is 11.5. The van der Waals surface area contributed by atoms with Crippen LogP contribution >= 0.6 is 0 Å². The molecule has 2 saturated heterocycles. The molecule has 0 aromatic heterocycles. The monoisotopic (exact) mass is 352 g/mol. The maximum absolute atomic E-state index is 13.0. The van der Waals surface area contributed by atoms with Gasteiger partial charge in [0, 0.05) is 37.7 Å². The molecular formula is C17H24N2O4S. The van der Waals surface area contributed by atoms with Gasteiger partial charge in [-0.25, -0.2) is 8.42 Å². The Labute approximate surface area is 143 Å². The van der Waals surface area contributed by atoms with E-state index >= 15 is 0 Å². The maximum atomic E-state index is 13.0. The molecule has 132 valence electrons. The Bertz CT molecular complexity index is 709. The van der Waals surface area contributed by atoms with E-state index in [9.17, 15) is 8.42 Å². The number of piperidine rings is 1. The Hall–Kier alpha value is -1.31. The van der Waals surface area contributed by atoms with Gasteiger partial charge in [-0.2, -0.15) is 4.31 Å². The standard InChI is InChI=1S/C17H24N2O4S/c1-19(14-9-12-3-4-13(10-14)18-12)24(20,21)15-5-6-16-17(11-15)23-8-2-7-22-16/h5-6,11-14,18H,2-4,7-10H2,1H3. The van der Waals surface area contributed by atoms with Crippen molar-refractivity contribution in [3.63, 3.8) is 0 Å². The van der Waals surface area contributed by atoms with Gasteiger partial charge < -0.3 is 14.8 Å². The Morgan fingerprint density at radius 3 is 2.46 bits per heavy atom. The predicted octanol–water partition coefficient (Wildman–Crippen LogP) is 1.75. The number of ether oxygens (including phenoxy) is 2. The van der Waals surface area contributed by atoms with E-state index in [0.29, 0.717) is 36.8 Å². The number of benzene rings is 1. The van der Waals surface area contributed by atoms with Gasteiger partial charge in [0.05, 0.1) is 18.1 Å². The quantitative estimate of drug-likeness (QED) is 0.898. The number of hydrogen-bond donors (Lipinski definition) is 1. The molecule has 0 saturated carbocycles. The van der Waals surface area contributed by atoms with E-state index in [1.807, 2.05) is 0 Å². The fraction of sp³-hybridized carbons (Fsp3) is 0.647. The van der Waals surface area contributed by atoms with Gasteiger partial charge in [-0.1, -0.05) is 0 Å². The van der Waals surface area contributed by atoms with E-state index < -0.39 is 10.0 Å². The van der Waals surface area contributed by atoms with Crippen molar-refractivity contribution < 1.29 is 17.9 Å². The molecule has 2 bridgehead atoms. The van der Waals surface area contributed by atoms with Crippen molar-refractivity contribution in [2.24, 2.45) is 0 Å². The van der Waals surface area contributed by atoms with Crippen molar-refractivity contribution in [1.29, 1.82) is 0 Å². The van der Waals surface area contributed by atoms with Crippen molar-refractivity contribution in [3.05, 3.63) is 18.2 Å². The molecule has 3 aliphatic heterocycles. The summed E-state index contributed by atoms with van der Waals surface area (Å²) >= 11 is 0. The first-order valence-corrected chi connectivity index (χ1v) is 10.1. The SMILES string of the molecule is CN(C1CC2CCC(C1)N2)S(=O)(=O)c1ccc2c(c1)OCCCO2. The molecular weight excluding hydrogens is 328 g/mol. The zero-order chi connectivity index (χ0) is 16.7. The van der Waals surface area contributed by atoms with Crippen LogP contribution in [0, 0.1) is 0 Å². The minimum Gasteiger partial charge on any atom is -0.490 e. The van der Waals surface area contributed by atoms with Crippen LogP contribution in [-0.4, -0.2) is 51.1 Å². The van der Waals surface area contributed by atoms with Crippen LogP contribution in [0.15, 0.2) is 23.1 Å². The second kappa shape index (κ2) is 6.20. The third-order valence-electron chi connectivity index (χ3n) is 5.36. The largest absolute Gasteiger partial charge is 0.490 e. The topological polar surface area (TPSA) is 67.9 Å². The smallest absolute Gasteiger partial charge is 0.243 e. The maximum Gasteiger partial charge on any atom is 0.243 e. The normalized spacial score (nSPS) is 29.5. The van der Waals surface area contributed by atoms with Gasteiger partial charge in [-0.3, -0.25) is 0 Å². The molecule has 1 N–H and O–H groups in total. The summed E-state index contributed by atoms with van der Waals surface area (Å²) in [5.74, 6) is 1.14. The molecule has 0 radical (unpaired) electrons. The van der Waals surface area contributed by atoms with E-state index in [4.69, 9.17) is 9.47 Å². The number of nitrogens with zero attached hydrogens (tertiary/aromatic N) is 1. The minimum atomic E-state index is -3.53. The van der Waals surface area contributed by atoms with Gasteiger partial charge in [0.15, 0.2) is 11.5 Å². The number of hydrogen-bond acceptors (Lipinski definition) is 5. The first-order valence-electron chi connectivity index (χ1n) is 8.68. The average Bonchev–Trinajstić information content (AvgIpc) is 2.79. The van der Waals surface area contributed by atoms with E-state index in [1.54, 1.807) is 29.6 Å². The van der Waals surface area contributed by atoms with Gasteiger partial charge >= 0.3 is 0 Å². The van der Waals surface area contributed by atoms with Crippen molar-refractivity contribution in [2.45, 2.75) is 55.1 Å². The Balaban J connectivity index is 1.59.